The molecule has 1 amide bonds. The van der Waals surface area contributed by atoms with Crippen LogP contribution >= 0.6 is 15.9 Å². The summed E-state index contributed by atoms with van der Waals surface area (Å²) < 4.78 is 36.4. The first-order chi connectivity index (χ1) is 9.12. The summed E-state index contributed by atoms with van der Waals surface area (Å²) in [6, 6.07) is 1.84. The first-order valence-corrected chi connectivity index (χ1v) is 8.27. The van der Waals surface area contributed by atoms with Crippen LogP contribution in [0.25, 0.3) is 0 Å². The lowest BCUT2D eigenvalue weighted by Crippen LogP contribution is -2.27. The molecule has 0 heterocycles. The van der Waals surface area contributed by atoms with E-state index in [2.05, 4.69) is 21.2 Å². The molecule has 0 saturated heterocycles. The molecule has 5 nitrogen and oxygen atoms in total. The average molecular weight is 367 g/mol. The number of halogens is 2. The van der Waals surface area contributed by atoms with Crippen molar-refractivity contribution >= 4 is 31.9 Å². The monoisotopic (exact) mass is 366 g/mol. The van der Waals surface area contributed by atoms with Gasteiger partial charge in [0.05, 0.1) is 10.5 Å². The van der Waals surface area contributed by atoms with Gasteiger partial charge >= 0.3 is 0 Å². The highest BCUT2D eigenvalue weighted by atomic mass is 79.9. The van der Waals surface area contributed by atoms with Crippen LogP contribution in [-0.2, 0) is 10.0 Å². The largest absolute Gasteiger partial charge is 0.352 e. The Morgan fingerprint density at radius 1 is 1.45 bits per heavy atom. The predicted molar refractivity (Wildman–Crippen MR) is 77.3 cm³/mol. The van der Waals surface area contributed by atoms with Crippen LogP contribution in [0.15, 0.2) is 21.5 Å². The van der Waals surface area contributed by atoms with E-state index in [9.17, 15) is 17.6 Å². The number of carbonyl (C=O) groups is 1. The van der Waals surface area contributed by atoms with Crippen LogP contribution in [0, 0.1) is 11.7 Å². The fourth-order valence-corrected chi connectivity index (χ4v) is 3.10. The molecule has 0 bridgehead atoms. The molecule has 3 N–H and O–H groups in total. The summed E-state index contributed by atoms with van der Waals surface area (Å²) in [4.78, 5) is 11.5. The van der Waals surface area contributed by atoms with Crippen molar-refractivity contribution in [2.45, 2.75) is 25.2 Å². The number of hydrogen-bond acceptors (Lipinski definition) is 3. The maximum absolute atomic E-state index is 13.7. The van der Waals surface area contributed by atoms with E-state index in [0.717, 1.165) is 18.6 Å². The van der Waals surface area contributed by atoms with Gasteiger partial charge in [-0.1, -0.05) is 13.8 Å². The number of carbonyl (C=O) groups excluding carboxylic acids is 1. The Balaban J connectivity index is 3.04. The van der Waals surface area contributed by atoms with Crippen LogP contribution in [0.2, 0.25) is 0 Å². The first-order valence-electron chi connectivity index (χ1n) is 5.93. The van der Waals surface area contributed by atoms with E-state index in [4.69, 9.17) is 5.14 Å². The van der Waals surface area contributed by atoms with E-state index in [1.807, 2.05) is 13.8 Å². The second-order valence-corrected chi connectivity index (χ2v) is 7.13. The molecular formula is C12H16BrFN2O3S. The van der Waals surface area contributed by atoms with Crippen LogP contribution in [0.4, 0.5) is 4.39 Å². The third-order valence-electron chi connectivity index (χ3n) is 2.58. The maximum Gasteiger partial charge on any atom is 0.254 e. The molecule has 0 aromatic heterocycles. The molecule has 0 aliphatic carbocycles. The van der Waals surface area contributed by atoms with E-state index in [1.54, 1.807) is 0 Å². The topological polar surface area (TPSA) is 89.3 Å². The standard InChI is InChI=1S/C12H16BrFN2O3S/c1-7(2)3-4-16-12(17)8-5-11(20(15,18)19)9(13)6-10(8)14/h5-7H,3-4H2,1-2H3,(H,16,17)(H2,15,18,19). The fraction of sp³-hybridized carbons (Fsp3) is 0.417. The molecule has 0 unspecified atom stereocenters. The quantitative estimate of drug-likeness (QED) is 0.834. The highest BCUT2D eigenvalue weighted by Crippen LogP contribution is 2.24. The lowest BCUT2D eigenvalue weighted by atomic mass is 10.1. The minimum atomic E-state index is -4.03. The van der Waals surface area contributed by atoms with Gasteiger partial charge in [-0.3, -0.25) is 4.79 Å². The summed E-state index contributed by atoms with van der Waals surface area (Å²) in [5, 5.41) is 7.54. The molecule has 0 spiro atoms. The lowest BCUT2D eigenvalue weighted by molar-refractivity contribution is 0.0947. The van der Waals surface area contributed by atoms with E-state index >= 15 is 0 Å². The van der Waals surface area contributed by atoms with E-state index < -0.39 is 21.7 Å². The zero-order valence-electron chi connectivity index (χ0n) is 11.1. The summed E-state index contributed by atoms with van der Waals surface area (Å²) in [5.74, 6) is -1.09. The Morgan fingerprint density at radius 3 is 2.55 bits per heavy atom. The minimum Gasteiger partial charge on any atom is -0.352 e. The molecule has 0 fully saturated rings. The molecule has 8 heteroatoms. The first kappa shape index (κ1) is 17.1. The van der Waals surface area contributed by atoms with Crippen LogP contribution in [0.5, 0.6) is 0 Å². The molecule has 0 radical (unpaired) electrons. The number of hydrogen-bond donors (Lipinski definition) is 2. The van der Waals surface area contributed by atoms with Gasteiger partial charge < -0.3 is 5.32 Å². The van der Waals surface area contributed by atoms with Gasteiger partial charge in [-0.2, -0.15) is 0 Å². The van der Waals surface area contributed by atoms with Gasteiger partial charge in [-0.25, -0.2) is 17.9 Å². The third-order valence-corrected chi connectivity index (χ3v) is 4.45. The molecule has 112 valence electrons. The smallest absolute Gasteiger partial charge is 0.254 e. The van der Waals surface area contributed by atoms with Crippen molar-refractivity contribution < 1.29 is 17.6 Å². The highest BCUT2D eigenvalue weighted by Gasteiger charge is 2.20. The lowest BCUT2D eigenvalue weighted by Gasteiger charge is -2.10. The van der Waals surface area contributed by atoms with Crippen LogP contribution in [0.1, 0.15) is 30.6 Å². The molecule has 0 aliphatic rings. The summed E-state index contributed by atoms with van der Waals surface area (Å²) >= 11 is 2.91. The zero-order valence-corrected chi connectivity index (χ0v) is 13.5. The number of amides is 1. The van der Waals surface area contributed by atoms with Gasteiger partial charge in [-0.15, -0.1) is 0 Å². The predicted octanol–water partition coefficient (Wildman–Crippen LogP) is 2.01. The van der Waals surface area contributed by atoms with Gasteiger partial charge in [-0.05, 0) is 40.4 Å². The summed E-state index contributed by atoms with van der Waals surface area (Å²) in [6.45, 7) is 4.37. The molecule has 0 atom stereocenters. The minimum absolute atomic E-state index is 0.0174. The zero-order chi connectivity index (χ0) is 15.5. The normalized spacial score (nSPS) is 11.7. The van der Waals surface area contributed by atoms with Crippen molar-refractivity contribution in [3.63, 3.8) is 0 Å². The van der Waals surface area contributed by atoms with E-state index in [0.29, 0.717) is 12.5 Å². The second kappa shape index (κ2) is 6.64. The fourth-order valence-electron chi connectivity index (χ4n) is 1.49. The molecule has 1 aromatic rings. The Hall–Kier alpha value is -0.990. The van der Waals surface area contributed by atoms with Crippen molar-refractivity contribution in [2.24, 2.45) is 11.1 Å². The van der Waals surface area contributed by atoms with Crippen molar-refractivity contribution in [1.82, 2.24) is 5.32 Å². The number of rotatable bonds is 5. The Kier molecular flexibility index (Phi) is 5.67. The van der Waals surface area contributed by atoms with Gasteiger partial charge in [0.25, 0.3) is 5.91 Å². The van der Waals surface area contributed by atoms with E-state index in [-0.39, 0.29) is 14.9 Å². The van der Waals surface area contributed by atoms with Crippen LogP contribution in [-0.4, -0.2) is 20.9 Å². The third kappa shape index (κ3) is 4.53. The number of nitrogens with one attached hydrogen (secondary N) is 1. The van der Waals surface area contributed by atoms with Gasteiger partial charge in [0, 0.05) is 11.0 Å². The van der Waals surface area contributed by atoms with Crippen LogP contribution in [0.3, 0.4) is 0 Å². The number of benzene rings is 1. The highest BCUT2D eigenvalue weighted by molar-refractivity contribution is 9.10. The molecule has 0 aliphatic heterocycles. The Bertz CT molecular complexity index is 617. The second-order valence-electron chi connectivity index (χ2n) is 4.75. The molecule has 20 heavy (non-hydrogen) atoms. The van der Waals surface area contributed by atoms with Crippen molar-refractivity contribution in [3.8, 4) is 0 Å². The Labute approximate surface area is 125 Å². The molecular weight excluding hydrogens is 351 g/mol. The number of primary sulfonamides is 1. The van der Waals surface area contributed by atoms with Gasteiger partial charge in [0.2, 0.25) is 10.0 Å². The van der Waals surface area contributed by atoms with Crippen molar-refractivity contribution in [2.75, 3.05) is 6.54 Å². The van der Waals surface area contributed by atoms with E-state index in [1.165, 1.54) is 0 Å². The summed E-state index contributed by atoms with van der Waals surface area (Å²) in [6.07, 6.45) is 0.742. The molecule has 0 saturated carbocycles. The van der Waals surface area contributed by atoms with Gasteiger partial charge in [0.15, 0.2) is 0 Å². The van der Waals surface area contributed by atoms with Gasteiger partial charge in [0.1, 0.15) is 5.82 Å². The maximum atomic E-state index is 13.7. The molecule has 1 aromatic carbocycles. The van der Waals surface area contributed by atoms with Crippen molar-refractivity contribution in [3.05, 3.63) is 28.0 Å². The summed E-state index contributed by atoms with van der Waals surface area (Å²) in [7, 11) is -4.03. The number of sulfonamides is 1. The SMILES string of the molecule is CC(C)CCNC(=O)c1cc(S(N)(=O)=O)c(Br)cc1F. The molecule has 1 rings (SSSR count). The van der Waals surface area contributed by atoms with Crippen LogP contribution < -0.4 is 10.5 Å². The summed E-state index contributed by atoms with van der Waals surface area (Å²) in [5.41, 5.74) is -0.346. The Morgan fingerprint density at radius 2 is 2.05 bits per heavy atom. The number of nitrogens with two attached hydrogens (primary N) is 1. The average Bonchev–Trinajstić information content (AvgIpc) is 2.26. The van der Waals surface area contributed by atoms with Crippen molar-refractivity contribution in [1.29, 1.82) is 0 Å².